The summed E-state index contributed by atoms with van der Waals surface area (Å²) in [4.78, 5) is 13.1. The van der Waals surface area contributed by atoms with E-state index in [9.17, 15) is 4.79 Å². The lowest BCUT2D eigenvalue weighted by Crippen LogP contribution is -2.27. The maximum absolute atomic E-state index is 10.8. The first kappa shape index (κ1) is 17.2. The largest absolute Gasteiger partial charge is 0.481 e. The van der Waals surface area contributed by atoms with Gasteiger partial charge in [-0.15, -0.1) is 0 Å². The van der Waals surface area contributed by atoms with Crippen LogP contribution in [-0.2, 0) is 17.8 Å². The summed E-state index contributed by atoms with van der Waals surface area (Å²) < 4.78 is 0. The summed E-state index contributed by atoms with van der Waals surface area (Å²) in [7, 11) is 0. The van der Waals surface area contributed by atoms with Gasteiger partial charge < -0.3 is 5.11 Å². The topological polar surface area (TPSA) is 40.5 Å². The molecular weight excluding hydrogens is 286 g/mol. The van der Waals surface area contributed by atoms with E-state index in [1.165, 1.54) is 11.1 Å². The lowest BCUT2D eigenvalue weighted by atomic mass is 10.1. The van der Waals surface area contributed by atoms with Gasteiger partial charge in [-0.1, -0.05) is 60.7 Å². The zero-order valence-electron chi connectivity index (χ0n) is 13.5. The molecule has 23 heavy (non-hydrogen) atoms. The van der Waals surface area contributed by atoms with E-state index in [2.05, 4.69) is 41.3 Å². The van der Waals surface area contributed by atoms with Crippen molar-refractivity contribution in [3.05, 3.63) is 71.8 Å². The van der Waals surface area contributed by atoms with Gasteiger partial charge in [0.05, 0.1) is 6.42 Å². The molecule has 0 atom stereocenters. The van der Waals surface area contributed by atoms with Crippen LogP contribution in [0, 0.1) is 0 Å². The minimum atomic E-state index is -0.729. The Balaban J connectivity index is 1.78. The molecule has 0 saturated carbocycles. The van der Waals surface area contributed by atoms with Crippen LogP contribution in [0.3, 0.4) is 0 Å². The van der Waals surface area contributed by atoms with Gasteiger partial charge in [0.15, 0.2) is 0 Å². The molecule has 0 aliphatic heterocycles. The highest BCUT2D eigenvalue weighted by Crippen LogP contribution is 2.09. The van der Waals surface area contributed by atoms with Crippen LogP contribution in [0.1, 0.15) is 30.4 Å². The molecule has 2 rings (SSSR count). The van der Waals surface area contributed by atoms with E-state index in [4.69, 9.17) is 5.11 Å². The normalized spacial score (nSPS) is 10.8. The first-order chi connectivity index (χ1) is 11.2. The van der Waals surface area contributed by atoms with E-state index < -0.39 is 5.97 Å². The standard InChI is InChI=1S/C20H25NO2/c22-20(23)14-16-21(17-19-12-5-2-6-13-19)15-8-7-11-18-9-3-1-4-10-18/h1-6,9-10,12-13H,7-8,11,14-17H2,(H,22,23). The van der Waals surface area contributed by atoms with E-state index in [-0.39, 0.29) is 6.42 Å². The second-order valence-corrected chi connectivity index (χ2v) is 5.85. The number of carbonyl (C=O) groups is 1. The van der Waals surface area contributed by atoms with E-state index >= 15 is 0 Å². The number of benzene rings is 2. The number of nitrogens with zero attached hydrogens (tertiary/aromatic N) is 1. The van der Waals surface area contributed by atoms with E-state index in [1.807, 2.05) is 24.3 Å². The Morgan fingerprint density at radius 3 is 2.04 bits per heavy atom. The molecule has 0 radical (unpaired) electrons. The molecule has 122 valence electrons. The number of aliphatic carboxylic acids is 1. The van der Waals surface area contributed by atoms with Gasteiger partial charge in [0, 0.05) is 13.1 Å². The smallest absolute Gasteiger partial charge is 0.304 e. The minimum Gasteiger partial charge on any atom is -0.481 e. The van der Waals surface area contributed by atoms with E-state index in [0.717, 1.165) is 32.4 Å². The van der Waals surface area contributed by atoms with Crippen LogP contribution >= 0.6 is 0 Å². The SMILES string of the molecule is O=C(O)CCN(CCCCc1ccccc1)Cc1ccccc1. The number of carboxylic acids is 1. The second kappa shape index (κ2) is 9.80. The Labute approximate surface area is 138 Å². The average molecular weight is 311 g/mol. The van der Waals surface area contributed by atoms with Crippen molar-refractivity contribution in [2.24, 2.45) is 0 Å². The molecule has 0 spiro atoms. The average Bonchev–Trinajstić information content (AvgIpc) is 2.58. The third kappa shape index (κ3) is 7.11. The number of rotatable bonds is 10. The van der Waals surface area contributed by atoms with Crippen molar-refractivity contribution >= 4 is 5.97 Å². The fourth-order valence-corrected chi connectivity index (χ4v) is 2.67. The van der Waals surface area contributed by atoms with Crippen LogP contribution in [0.15, 0.2) is 60.7 Å². The number of unbranched alkanes of at least 4 members (excludes halogenated alkanes) is 1. The molecule has 0 aliphatic rings. The molecule has 2 aromatic rings. The molecule has 0 heterocycles. The summed E-state index contributed by atoms with van der Waals surface area (Å²) in [5.74, 6) is -0.729. The third-order valence-corrected chi connectivity index (χ3v) is 3.92. The molecule has 3 nitrogen and oxygen atoms in total. The fourth-order valence-electron chi connectivity index (χ4n) is 2.67. The van der Waals surface area contributed by atoms with Gasteiger partial charge >= 0.3 is 5.97 Å². The molecule has 0 aliphatic carbocycles. The molecule has 0 fully saturated rings. The lowest BCUT2D eigenvalue weighted by molar-refractivity contribution is -0.137. The van der Waals surface area contributed by atoms with E-state index in [0.29, 0.717) is 6.54 Å². The van der Waals surface area contributed by atoms with Gasteiger partial charge in [-0.3, -0.25) is 9.69 Å². The summed E-state index contributed by atoms with van der Waals surface area (Å²) >= 11 is 0. The van der Waals surface area contributed by atoms with Gasteiger partial charge in [-0.05, 0) is 36.9 Å². The summed E-state index contributed by atoms with van der Waals surface area (Å²) in [6.45, 7) is 2.37. The van der Waals surface area contributed by atoms with Crippen LogP contribution < -0.4 is 0 Å². The first-order valence-corrected chi connectivity index (χ1v) is 8.26. The molecule has 3 heteroatoms. The van der Waals surface area contributed by atoms with Crippen molar-refractivity contribution < 1.29 is 9.90 Å². The minimum absolute atomic E-state index is 0.200. The molecule has 0 bridgehead atoms. The molecule has 2 aromatic carbocycles. The third-order valence-electron chi connectivity index (χ3n) is 3.92. The highest BCUT2D eigenvalue weighted by atomic mass is 16.4. The summed E-state index contributed by atoms with van der Waals surface area (Å²) in [5, 5.41) is 8.92. The Morgan fingerprint density at radius 2 is 1.43 bits per heavy atom. The summed E-state index contributed by atoms with van der Waals surface area (Å²) in [5.41, 5.74) is 2.61. The quantitative estimate of drug-likeness (QED) is 0.675. The van der Waals surface area contributed by atoms with E-state index in [1.54, 1.807) is 0 Å². The van der Waals surface area contributed by atoms with Crippen molar-refractivity contribution in [1.82, 2.24) is 4.90 Å². The van der Waals surface area contributed by atoms with Gasteiger partial charge in [0.1, 0.15) is 0 Å². The molecule has 0 aromatic heterocycles. The fraction of sp³-hybridized carbons (Fsp3) is 0.350. The highest BCUT2D eigenvalue weighted by molar-refractivity contribution is 5.66. The Morgan fingerprint density at radius 1 is 0.826 bits per heavy atom. The van der Waals surface area contributed by atoms with Crippen molar-refractivity contribution in [2.75, 3.05) is 13.1 Å². The van der Waals surface area contributed by atoms with Crippen LogP contribution in [0.4, 0.5) is 0 Å². The number of hydrogen-bond acceptors (Lipinski definition) is 2. The van der Waals surface area contributed by atoms with Gasteiger partial charge in [-0.25, -0.2) is 0 Å². The van der Waals surface area contributed by atoms with Gasteiger partial charge in [-0.2, -0.15) is 0 Å². The lowest BCUT2D eigenvalue weighted by Gasteiger charge is -2.21. The van der Waals surface area contributed by atoms with Crippen LogP contribution in [-0.4, -0.2) is 29.1 Å². The summed E-state index contributed by atoms with van der Waals surface area (Å²) in [6, 6.07) is 20.8. The maximum atomic E-state index is 10.8. The zero-order valence-corrected chi connectivity index (χ0v) is 13.5. The predicted molar refractivity (Wildman–Crippen MR) is 93.4 cm³/mol. The van der Waals surface area contributed by atoms with Crippen molar-refractivity contribution in [1.29, 1.82) is 0 Å². The van der Waals surface area contributed by atoms with Crippen molar-refractivity contribution in [3.63, 3.8) is 0 Å². The monoisotopic (exact) mass is 311 g/mol. The second-order valence-electron chi connectivity index (χ2n) is 5.85. The first-order valence-electron chi connectivity index (χ1n) is 8.26. The Bertz CT molecular complexity index is 569. The van der Waals surface area contributed by atoms with Crippen LogP contribution in [0.25, 0.3) is 0 Å². The molecular formula is C20H25NO2. The zero-order chi connectivity index (χ0) is 16.3. The number of aryl methyl sites for hydroxylation is 1. The predicted octanol–water partition coefficient (Wildman–Crippen LogP) is 3.99. The highest BCUT2D eigenvalue weighted by Gasteiger charge is 2.08. The number of hydrogen-bond donors (Lipinski definition) is 1. The molecule has 0 saturated heterocycles. The summed E-state index contributed by atoms with van der Waals surface area (Å²) in [6.07, 6.45) is 3.49. The molecule has 1 N–H and O–H groups in total. The molecule has 0 amide bonds. The van der Waals surface area contributed by atoms with Gasteiger partial charge in [0.2, 0.25) is 0 Å². The maximum Gasteiger partial charge on any atom is 0.304 e. The molecule has 0 unspecified atom stereocenters. The van der Waals surface area contributed by atoms with Crippen LogP contribution in [0.5, 0.6) is 0 Å². The Kier molecular flexibility index (Phi) is 7.34. The van der Waals surface area contributed by atoms with Crippen LogP contribution in [0.2, 0.25) is 0 Å². The number of carboxylic acid groups (broad SMARTS) is 1. The van der Waals surface area contributed by atoms with Crippen molar-refractivity contribution in [2.45, 2.75) is 32.2 Å². The van der Waals surface area contributed by atoms with Gasteiger partial charge in [0.25, 0.3) is 0 Å². The van der Waals surface area contributed by atoms with Crippen molar-refractivity contribution in [3.8, 4) is 0 Å². The Hall–Kier alpha value is -2.13.